The van der Waals surface area contributed by atoms with Crippen molar-refractivity contribution >= 4 is 11.3 Å². The second-order valence-electron chi connectivity index (χ2n) is 5.39. The molecule has 0 radical (unpaired) electrons. The molecule has 1 aliphatic rings. The summed E-state index contributed by atoms with van der Waals surface area (Å²) in [6.45, 7) is 5.41. The Kier molecular flexibility index (Phi) is 3.66. The average Bonchev–Trinajstić information content (AvgIpc) is 2.99. The van der Waals surface area contributed by atoms with Crippen molar-refractivity contribution in [2.24, 2.45) is 7.05 Å². The zero-order valence-corrected chi connectivity index (χ0v) is 12.4. The van der Waals surface area contributed by atoms with Gasteiger partial charge in [0.05, 0.1) is 11.2 Å². The molecule has 1 atom stereocenters. The first-order valence-electron chi connectivity index (χ1n) is 6.82. The first kappa shape index (κ1) is 12.8. The minimum Gasteiger partial charge on any atom is -0.337 e. The molecule has 2 aromatic heterocycles. The molecule has 0 bridgehead atoms. The number of rotatable bonds is 3. The maximum absolute atomic E-state index is 4.69. The fraction of sp³-hybridized carbons (Fsp3) is 0.571. The number of imidazole rings is 1. The molecular weight excluding hydrogens is 256 g/mol. The largest absolute Gasteiger partial charge is 0.337 e. The lowest BCUT2D eigenvalue weighted by Gasteiger charge is -2.31. The van der Waals surface area contributed by atoms with Crippen LogP contribution in [0.4, 0.5) is 0 Å². The highest BCUT2D eigenvalue weighted by Crippen LogP contribution is 2.27. The van der Waals surface area contributed by atoms with Crippen LogP contribution >= 0.6 is 11.3 Å². The lowest BCUT2D eigenvalue weighted by atomic mass is 9.97. The van der Waals surface area contributed by atoms with E-state index in [1.807, 2.05) is 11.7 Å². The molecule has 2 aromatic rings. The standard InChI is InChI=1S/C14H20N4S/c1-11-7-17(2)14(16-11)12-4-3-5-18(8-12)9-13-6-15-10-19-13/h6-7,10,12H,3-5,8-9H2,1-2H3/t12-/m1/s1. The molecule has 0 saturated carbocycles. The van der Waals surface area contributed by atoms with Crippen LogP contribution in [0.3, 0.4) is 0 Å². The quantitative estimate of drug-likeness (QED) is 0.864. The van der Waals surface area contributed by atoms with Crippen molar-refractivity contribution in [3.05, 3.63) is 34.3 Å². The molecule has 3 rings (SSSR count). The van der Waals surface area contributed by atoms with Crippen LogP contribution < -0.4 is 0 Å². The fourth-order valence-electron chi connectivity index (χ4n) is 2.96. The van der Waals surface area contributed by atoms with Gasteiger partial charge in [-0.25, -0.2) is 4.98 Å². The Bertz CT molecular complexity index is 532. The van der Waals surface area contributed by atoms with Crippen LogP contribution in [-0.4, -0.2) is 32.5 Å². The summed E-state index contributed by atoms with van der Waals surface area (Å²) < 4.78 is 2.19. The number of aromatic nitrogens is 3. The average molecular weight is 276 g/mol. The zero-order chi connectivity index (χ0) is 13.2. The third-order valence-electron chi connectivity index (χ3n) is 3.77. The zero-order valence-electron chi connectivity index (χ0n) is 11.5. The minimum absolute atomic E-state index is 0.570. The van der Waals surface area contributed by atoms with Gasteiger partial charge in [0.1, 0.15) is 5.82 Å². The van der Waals surface area contributed by atoms with Crippen LogP contribution in [0.2, 0.25) is 0 Å². The predicted molar refractivity (Wildman–Crippen MR) is 77.3 cm³/mol. The molecule has 0 aromatic carbocycles. The van der Waals surface area contributed by atoms with Crippen molar-refractivity contribution in [3.8, 4) is 0 Å². The number of hydrogen-bond donors (Lipinski definition) is 0. The van der Waals surface area contributed by atoms with Crippen LogP contribution in [0.1, 0.15) is 35.2 Å². The van der Waals surface area contributed by atoms with Gasteiger partial charge in [0.2, 0.25) is 0 Å². The Morgan fingerprint density at radius 1 is 1.47 bits per heavy atom. The molecule has 1 aliphatic heterocycles. The van der Waals surface area contributed by atoms with Gasteiger partial charge in [0.25, 0.3) is 0 Å². The smallest absolute Gasteiger partial charge is 0.113 e. The first-order valence-corrected chi connectivity index (χ1v) is 7.70. The molecule has 5 heteroatoms. The summed E-state index contributed by atoms with van der Waals surface area (Å²) in [5.74, 6) is 1.81. The summed E-state index contributed by atoms with van der Waals surface area (Å²) in [7, 11) is 2.11. The summed E-state index contributed by atoms with van der Waals surface area (Å²) in [5, 5.41) is 0. The summed E-state index contributed by atoms with van der Waals surface area (Å²) >= 11 is 1.75. The molecule has 0 spiro atoms. The summed E-state index contributed by atoms with van der Waals surface area (Å²) in [4.78, 5) is 12.7. The van der Waals surface area contributed by atoms with Crippen LogP contribution in [-0.2, 0) is 13.6 Å². The Hall–Kier alpha value is -1.20. The highest BCUT2D eigenvalue weighted by molar-refractivity contribution is 7.09. The Morgan fingerprint density at radius 3 is 3.05 bits per heavy atom. The molecule has 4 nitrogen and oxygen atoms in total. The summed E-state index contributed by atoms with van der Waals surface area (Å²) in [6.07, 6.45) is 6.62. The van der Waals surface area contributed by atoms with E-state index in [4.69, 9.17) is 4.98 Å². The Labute approximate surface area is 118 Å². The number of thiazole rings is 1. The monoisotopic (exact) mass is 276 g/mol. The fourth-order valence-corrected chi connectivity index (χ4v) is 3.60. The summed E-state index contributed by atoms with van der Waals surface area (Å²) in [5.41, 5.74) is 3.04. The maximum atomic E-state index is 4.69. The van der Waals surface area contributed by atoms with Crippen molar-refractivity contribution in [2.45, 2.75) is 32.2 Å². The molecule has 0 amide bonds. The van der Waals surface area contributed by atoms with Gasteiger partial charge in [-0.05, 0) is 26.3 Å². The molecule has 0 unspecified atom stereocenters. The molecule has 102 valence electrons. The van der Waals surface area contributed by atoms with Crippen molar-refractivity contribution in [1.29, 1.82) is 0 Å². The molecule has 1 saturated heterocycles. The molecular formula is C14H20N4S. The molecule has 1 fully saturated rings. The van der Waals surface area contributed by atoms with E-state index in [0.717, 1.165) is 18.8 Å². The van der Waals surface area contributed by atoms with E-state index in [-0.39, 0.29) is 0 Å². The van der Waals surface area contributed by atoms with Gasteiger partial charge < -0.3 is 4.57 Å². The van der Waals surface area contributed by atoms with E-state index in [1.54, 1.807) is 11.3 Å². The van der Waals surface area contributed by atoms with E-state index in [0.29, 0.717) is 5.92 Å². The number of aryl methyl sites for hydroxylation is 2. The SMILES string of the molecule is Cc1cn(C)c([C@@H]2CCCN(Cc3cncs3)C2)n1. The maximum Gasteiger partial charge on any atom is 0.113 e. The van der Waals surface area contributed by atoms with Gasteiger partial charge in [-0.15, -0.1) is 11.3 Å². The number of nitrogens with zero attached hydrogens (tertiary/aromatic N) is 4. The van der Waals surface area contributed by atoms with Gasteiger partial charge >= 0.3 is 0 Å². The van der Waals surface area contributed by atoms with Crippen LogP contribution in [0.15, 0.2) is 17.9 Å². The van der Waals surface area contributed by atoms with Gasteiger partial charge in [-0.3, -0.25) is 9.88 Å². The lowest BCUT2D eigenvalue weighted by Crippen LogP contribution is -2.34. The molecule has 3 heterocycles. The van der Waals surface area contributed by atoms with Crippen LogP contribution in [0, 0.1) is 6.92 Å². The molecule has 0 N–H and O–H groups in total. The topological polar surface area (TPSA) is 34.0 Å². The molecule has 0 aliphatic carbocycles. The van der Waals surface area contributed by atoms with Crippen molar-refractivity contribution in [2.75, 3.05) is 13.1 Å². The summed E-state index contributed by atoms with van der Waals surface area (Å²) in [6, 6.07) is 0. The highest BCUT2D eigenvalue weighted by atomic mass is 32.1. The van der Waals surface area contributed by atoms with Crippen molar-refractivity contribution < 1.29 is 0 Å². The van der Waals surface area contributed by atoms with Gasteiger partial charge in [-0.1, -0.05) is 0 Å². The highest BCUT2D eigenvalue weighted by Gasteiger charge is 2.24. The second kappa shape index (κ2) is 5.43. The van der Waals surface area contributed by atoms with E-state index < -0.39 is 0 Å². The number of likely N-dealkylation sites (tertiary alicyclic amines) is 1. The molecule has 19 heavy (non-hydrogen) atoms. The Morgan fingerprint density at radius 2 is 2.37 bits per heavy atom. The third kappa shape index (κ3) is 2.87. The Balaban J connectivity index is 1.69. The van der Waals surface area contributed by atoms with Crippen LogP contribution in [0.5, 0.6) is 0 Å². The van der Waals surface area contributed by atoms with Gasteiger partial charge in [0.15, 0.2) is 0 Å². The van der Waals surface area contributed by atoms with E-state index in [9.17, 15) is 0 Å². The first-order chi connectivity index (χ1) is 9.22. The number of piperidine rings is 1. The van der Waals surface area contributed by atoms with E-state index in [2.05, 4.69) is 34.6 Å². The van der Waals surface area contributed by atoms with Gasteiger partial charge in [0, 0.05) is 43.3 Å². The van der Waals surface area contributed by atoms with E-state index in [1.165, 1.54) is 30.1 Å². The number of hydrogen-bond acceptors (Lipinski definition) is 4. The predicted octanol–water partition coefficient (Wildman–Crippen LogP) is 2.56. The second-order valence-corrected chi connectivity index (χ2v) is 6.36. The minimum atomic E-state index is 0.570. The third-order valence-corrected chi connectivity index (χ3v) is 4.53. The lowest BCUT2D eigenvalue weighted by molar-refractivity contribution is 0.196. The van der Waals surface area contributed by atoms with E-state index >= 15 is 0 Å². The van der Waals surface area contributed by atoms with Crippen LogP contribution in [0.25, 0.3) is 0 Å². The van der Waals surface area contributed by atoms with Crippen molar-refractivity contribution in [3.63, 3.8) is 0 Å². The van der Waals surface area contributed by atoms with Gasteiger partial charge in [-0.2, -0.15) is 0 Å². The normalized spacial score (nSPS) is 20.8. The van der Waals surface area contributed by atoms with Crippen molar-refractivity contribution in [1.82, 2.24) is 19.4 Å².